The van der Waals surface area contributed by atoms with Gasteiger partial charge in [-0.1, -0.05) is 49.7 Å². The third kappa shape index (κ3) is 3.70. The average Bonchev–Trinajstić information content (AvgIpc) is 2.91. The summed E-state index contributed by atoms with van der Waals surface area (Å²) in [4.78, 5) is 7.34. The summed E-state index contributed by atoms with van der Waals surface area (Å²) in [5.74, 6) is 3.38. The minimum absolute atomic E-state index is 0.0796. The predicted molar refractivity (Wildman–Crippen MR) is 137 cm³/mol. The van der Waals surface area contributed by atoms with Crippen molar-refractivity contribution >= 4 is 21.7 Å². The van der Waals surface area contributed by atoms with Crippen LogP contribution < -0.4 is 9.47 Å². The zero-order valence-electron chi connectivity index (χ0n) is 20.0. The summed E-state index contributed by atoms with van der Waals surface area (Å²) in [6, 6.07) is 23.5. The van der Waals surface area contributed by atoms with Gasteiger partial charge in [0, 0.05) is 29.1 Å². The molecule has 3 aliphatic heterocycles. The fourth-order valence-corrected chi connectivity index (χ4v) is 6.26. The van der Waals surface area contributed by atoms with E-state index in [4.69, 9.17) is 9.47 Å². The van der Waals surface area contributed by atoms with Crippen LogP contribution in [0.5, 0.6) is 11.5 Å². The van der Waals surface area contributed by atoms with E-state index in [9.17, 15) is 0 Å². The molecule has 5 atom stereocenters. The van der Waals surface area contributed by atoms with E-state index in [1.54, 1.807) is 7.11 Å². The number of hydrogen-bond donors (Lipinski definition) is 0. The van der Waals surface area contributed by atoms with Crippen molar-refractivity contribution in [3.8, 4) is 11.5 Å². The van der Waals surface area contributed by atoms with Crippen LogP contribution in [0.1, 0.15) is 37.9 Å². The third-order valence-corrected chi connectivity index (χ3v) is 8.10. The lowest BCUT2D eigenvalue weighted by Crippen LogP contribution is -2.56. The Morgan fingerprint density at radius 1 is 1.03 bits per heavy atom. The first-order valence-electron chi connectivity index (χ1n) is 12.6. The zero-order valence-corrected chi connectivity index (χ0v) is 20.0. The number of ether oxygens (including phenoxy) is 2. The molecule has 0 amide bonds. The Balaban J connectivity index is 1.48. The first-order chi connectivity index (χ1) is 16.7. The van der Waals surface area contributed by atoms with Crippen LogP contribution in [0.4, 0.5) is 0 Å². The number of fused-ring (bicyclic) bond motifs is 5. The summed E-state index contributed by atoms with van der Waals surface area (Å²) in [7, 11) is 1.72. The van der Waals surface area contributed by atoms with Gasteiger partial charge in [0.15, 0.2) is 0 Å². The Bertz CT molecular complexity index is 1310. The maximum atomic E-state index is 7.05. The number of hydrogen-bond acceptors (Lipinski definition) is 4. The SMILES string of the molecule is CCC1CN2CCC1CC2C(Oc1cccc2ccccc12)c1ccnc2ccc(OC)cc12. The lowest BCUT2D eigenvalue weighted by atomic mass is 9.72. The van der Waals surface area contributed by atoms with Crippen molar-refractivity contribution in [3.63, 3.8) is 0 Å². The number of piperidine rings is 3. The van der Waals surface area contributed by atoms with Crippen LogP contribution in [0.25, 0.3) is 21.7 Å². The molecule has 7 rings (SSSR count). The van der Waals surface area contributed by atoms with Crippen LogP contribution >= 0.6 is 0 Å². The topological polar surface area (TPSA) is 34.6 Å². The van der Waals surface area contributed by atoms with Gasteiger partial charge in [-0.15, -0.1) is 0 Å². The first-order valence-corrected chi connectivity index (χ1v) is 12.6. The van der Waals surface area contributed by atoms with Crippen LogP contribution in [0, 0.1) is 11.8 Å². The smallest absolute Gasteiger partial charge is 0.140 e. The molecule has 34 heavy (non-hydrogen) atoms. The summed E-state index contributed by atoms with van der Waals surface area (Å²) < 4.78 is 12.6. The van der Waals surface area contributed by atoms with E-state index in [1.165, 1.54) is 36.8 Å². The first kappa shape index (κ1) is 21.4. The predicted octanol–water partition coefficient (Wildman–Crippen LogP) is 6.64. The van der Waals surface area contributed by atoms with Crippen LogP contribution in [0.15, 0.2) is 72.9 Å². The minimum atomic E-state index is -0.0796. The fourth-order valence-electron chi connectivity index (χ4n) is 6.26. The van der Waals surface area contributed by atoms with Crippen molar-refractivity contribution in [1.29, 1.82) is 0 Å². The highest BCUT2D eigenvalue weighted by Crippen LogP contribution is 2.45. The van der Waals surface area contributed by atoms with Crippen LogP contribution in [0.3, 0.4) is 0 Å². The van der Waals surface area contributed by atoms with E-state index in [0.717, 1.165) is 46.2 Å². The molecule has 0 spiro atoms. The second-order valence-electron chi connectivity index (χ2n) is 9.81. The van der Waals surface area contributed by atoms with E-state index in [-0.39, 0.29) is 6.10 Å². The minimum Gasteiger partial charge on any atom is -0.497 e. The molecule has 5 unspecified atom stereocenters. The molecule has 0 saturated carbocycles. The van der Waals surface area contributed by atoms with Gasteiger partial charge in [0.1, 0.15) is 17.6 Å². The summed E-state index contributed by atoms with van der Waals surface area (Å²) in [5, 5.41) is 3.48. The maximum absolute atomic E-state index is 7.05. The maximum Gasteiger partial charge on any atom is 0.140 e. The number of methoxy groups -OCH3 is 1. The van der Waals surface area contributed by atoms with Gasteiger partial charge in [-0.2, -0.15) is 0 Å². The van der Waals surface area contributed by atoms with E-state index >= 15 is 0 Å². The largest absolute Gasteiger partial charge is 0.497 e. The van der Waals surface area contributed by atoms with Gasteiger partial charge < -0.3 is 9.47 Å². The second kappa shape index (κ2) is 8.92. The number of nitrogens with zero attached hydrogens (tertiary/aromatic N) is 2. The molecule has 1 aromatic heterocycles. The average molecular weight is 453 g/mol. The second-order valence-corrected chi connectivity index (χ2v) is 9.81. The monoisotopic (exact) mass is 452 g/mol. The van der Waals surface area contributed by atoms with E-state index < -0.39 is 0 Å². The van der Waals surface area contributed by atoms with Gasteiger partial charge in [0.05, 0.1) is 18.7 Å². The number of benzene rings is 3. The molecule has 0 aliphatic carbocycles. The van der Waals surface area contributed by atoms with Crippen molar-refractivity contribution in [3.05, 3.63) is 78.5 Å². The number of pyridine rings is 1. The Morgan fingerprint density at radius 3 is 2.74 bits per heavy atom. The summed E-state index contributed by atoms with van der Waals surface area (Å²) in [5.41, 5.74) is 2.18. The molecule has 4 heteroatoms. The van der Waals surface area contributed by atoms with Crippen LogP contribution in [-0.4, -0.2) is 36.1 Å². The highest BCUT2D eigenvalue weighted by atomic mass is 16.5. The van der Waals surface area contributed by atoms with Crippen LogP contribution in [0.2, 0.25) is 0 Å². The molecule has 174 valence electrons. The Hall–Kier alpha value is -3.11. The Labute approximate surface area is 201 Å². The zero-order chi connectivity index (χ0) is 23.1. The van der Waals surface area contributed by atoms with Gasteiger partial charge in [-0.25, -0.2) is 0 Å². The van der Waals surface area contributed by atoms with E-state index in [1.807, 2.05) is 18.3 Å². The van der Waals surface area contributed by atoms with Crippen LogP contribution in [-0.2, 0) is 0 Å². The molecule has 0 N–H and O–H groups in total. The standard InChI is InChI=1S/C30H32N2O2/c1-3-20-19-32-16-14-22(20)17-28(32)30(34-29-10-6-8-21-7-4-5-9-24(21)29)25-13-15-31-27-12-11-23(33-2)18-26(25)27/h4-13,15,18,20,22,28,30H,3,14,16-17,19H2,1-2H3. The van der Waals surface area contributed by atoms with Crippen molar-refractivity contribution in [2.45, 2.75) is 38.3 Å². The fraction of sp³-hybridized carbons (Fsp3) is 0.367. The highest BCUT2D eigenvalue weighted by Gasteiger charge is 2.44. The van der Waals surface area contributed by atoms with Crippen molar-refractivity contribution in [2.75, 3.05) is 20.2 Å². The van der Waals surface area contributed by atoms with Gasteiger partial charge in [-0.05, 0) is 66.9 Å². The molecule has 3 fully saturated rings. The van der Waals surface area contributed by atoms with Crippen molar-refractivity contribution in [1.82, 2.24) is 9.88 Å². The quantitative estimate of drug-likeness (QED) is 0.329. The lowest BCUT2D eigenvalue weighted by molar-refractivity contribution is -0.0480. The van der Waals surface area contributed by atoms with E-state index in [2.05, 4.69) is 71.4 Å². The molecule has 0 radical (unpaired) electrons. The molecule has 3 saturated heterocycles. The highest BCUT2D eigenvalue weighted by molar-refractivity contribution is 5.88. The number of aromatic nitrogens is 1. The Morgan fingerprint density at radius 2 is 1.91 bits per heavy atom. The molecule has 4 heterocycles. The molecular weight excluding hydrogens is 420 g/mol. The van der Waals surface area contributed by atoms with Gasteiger partial charge in [0.2, 0.25) is 0 Å². The molecular formula is C30H32N2O2. The molecule has 3 aromatic carbocycles. The third-order valence-electron chi connectivity index (χ3n) is 8.10. The molecule has 4 nitrogen and oxygen atoms in total. The Kier molecular flexibility index (Phi) is 5.62. The van der Waals surface area contributed by atoms with Gasteiger partial charge in [-0.3, -0.25) is 9.88 Å². The molecule has 3 aliphatic rings. The van der Waals surface area contributed by atoms with Gasteiger partial charge in [0.25, 0.3) is 0 Å². The van der Waals surface area contributed by atoms with E-state index in [0.29, 0.717) is 6.04 Å². The molecule has 4 aromatic rings. The van der Waals surface area contributed by atoms with Crippen molar-refractivity contribution in [2.24, 2.45) is 11.8 Å². The normalized spacial score (nSPS) is 24.9. The van der Waals surface area contributed by atoms with Gasteiger partial charge >= 0.3 is 0 Å². The summed E-state index contributed by atoms with van der Waals surface area (Å²) >= 11 is 0. The van der Waals surface area contributed by atoms with Crippen molar-refractivity contribution < 1.29 is 9.47 Å². The molecule has 2 bridgehead atoms. The lowest BCUT2D eigenvalue weighted by Gasteiger charge is -2.52. The summed E-state index contributed by atoms with van der Waals surface area (Å²) in [6.45, 7) is 4.68. The summed E-state index contributed by atoms with van der Waals surface area (Å²) in [6.07, 6.45) is 5.60. The number of rotatable bonds is 6.